The highest BCUT2D eigenvalue weighted by Gasteiger charge is 2.21. The number of ether oxygens (including phenoxy) is 2. The van der Waals surface area contributed by atoms with Gasteiger partial charge in [0, 0.05) is 31.8 Å². The van der Waals surface area contributed by atoms with Crippen molar-refractivity contribution >= 4 is 17.5 Å². The number of nitrogens with zero attached hydrogens (tertiary/aromatic N) is 1. The van der Waals surface area contributed by atoms with E-state index in [0.717, 1.165) is 50.1 Å². The highest BCUT2D eigenvalue weighted by molar-refractivity contribution is 5.94. The monoisotopic (exact) mass is 360 g/mol. The van der Waals surface area contributed by atoms with E-state index in [9.17, 15) is 9.59 Å². The van der Waals surface area contributed by atoms with Crippen LogP contribution in [0.1, 0.15) is 44.6 Å². The molecule has 2 aliphatic heterocycles. The first-order valence-electron chi connectivity index (χ1n) is 9.52. The van der Waals surface area contributed by atoms with Gasteiger partial charge in [0.05, 0.1) is 12.7 Å². The third-order valence-corrected chi connectivity index (χ3v) is 4.91. The van der Waals surface area contributed by atoms with Gasteiger partial charge in [-0.05, 0) is 50.3 Å². The Morgan fingerprint density at radius 1 is 1.38 bits per heavy atom. The number of amides is 2. The largest absolute Gasteiger partial charge is 0.376 e. The molecule has 142 valence electrons. The Balaban J connectivity index is 1.48. The van der Waals surface area contributed by atoms with Crippen LogP contribution in [0.3, 0.4) is 0 Å². The van der Waals surface area contributed by atoms with Crippen LogP contribution in [0, 0.1) is 0 Å². The zero-order valence-corrected chi connectivity index (χ0v) is 15.4. The average Bonchev–Trinajstić information content (AvgIpc) is 3.05. The molecule has 1 aromatic carbocycles. The molecule has 3 rings (SSSR count). The number of carbonyl (C=O) groups is 2. The van der Waals surface area contributed by atoms with Crippen molar-refractivity contribution < 1.29 is 19.1 Å². The predicted molar refractivity (Wildman–Crippen MR) is 98.7 cm³/mol. The maximum absolute atomic E-state index is 12.4. The van der Waals surface area contributed by atoms with Crippen molar-refractivity contribution in [3.8, 4) is 0 Å². The molecule has 2 atom stereocenters. The molecular formula is C20H28N2O4. The minimum Gasteiger partial charge on any atom is -0.376 e. The van der Waals surface area contributed by atoms with Crippen LogP contribution in [0.15, 0.2) is 24.3 Å². The zero-order chi connectivity index (χ0) is 18.4. The Hall–Kier alpha value is -1.92. The first-order chi connectivity index (χ1) is 12.6. The summed E-state index contributed by atoms with van der Waals surface area (Å²) >= 11 is 0. The molecule has 0 saturated carbocycles. The van der Waals surface area contributed by atoms with Crippen LogP contribution in [0.25, 0.3) is 0 Å². The number of rotatable bonds is 7. The van der Waals surface area contributed by atoms with Gasteiger partial charge < -0.3 is 19.7 Å². The summed E-state index contributed by atoms with van der Waals surface area (Å²) in [6.45, 7) is 4.38. The van der Waals surface area contributed by atoms with Gasteiger partial charge in [-0.3, -0.25) is 9.59 Å². The molecule has 0 aromatic heterocycles. The van der Waals surface area contributed by atoms with Crippen molar-refractivity contribution in [1.82, 2.24) is 4.90 Å². The number of anilines is 1. The van der Waals surface area contributed by atoms with Crippen LogP contribution in [0.4, 0.5) is 5.69 Å². The van der Waals surface area contributed by atoms with Crippen molar-refractivity contribution in [2.75, 3.05) is 25.1 Å². The SMILES string of the molecule is CC(OCC1CCCCO1)C(=O)Nc1cccc(CN2CCCC2=O)c1. The Bertz CT molecular complexity index is 628. The van der Waals surface area contributed by atoms with Crippen molar-refractivity contribution in [2.24, 2.45) is 0 Å². The van der Waals surface area contributed by atoms with Crippen molar-refractivity contribution in [3.05, 3.63) is 29.8 Å². The fraction of sp³-hybridized carbons (Fsp3) is 0.600. The second-order valence-corrected chi connectivity index (χ2v) is 7.07. The van der Waals surface area contributed by atoms with E-state index in [1.54, 1.807) is 6.92 Å². The highest BCUT2D eigenvalue weighted by atomic mass is 16.5. The van der Waals surface area contributed by atoms with Crippen molar-refractivity contribution in [1.29, 1.82) is 0 Å². The third kappa shape index (κ3) is 5.29. The number of carbonyl (C=O) groups excluding carboxylic acids is 2. The molecule has 1 N–H and O–H groups in total. The summed E-state index contributed by atoms with van der Waals surface area (Å²) in [6, 6.07) is 7.64. The smallest absolute Gasteiger partial charge is 0.253 e. The number of benzene rings is 1. The number of hydrogen-bond acceptors (Lipinski definition) is 4. The van der Waals surface area contributed by atoms with E-state index in [1.807, 2.05) is 29.2 Å². The van der Waals surface area contributed by atoms with E-state index in [1.165, 1.54) is 0 Å². The van der Waals surface area contributed by atoms with Gasteiger partial charge in [-0.25, -0.2) is 0 Å². The maximum atomic E-state index is 12.4. The molecule has 2 fully saturated rings. The van der Waals surface area contributed by atoms with Crippen LogP contribution in [0.5, 0.6) is 0 Å². The summed E-state index contributed by atoms with van der Waals surface area (Å²) in [5.74, 6) is 0.0293. The quantitative estimate of drug-likeness (QED) is 0.812. The highest BCUT2D eigenvalue weighted by Crippen LogP contribution is 2.18. The minimum absolute atomic E-state index is 0.0975. The summed E-state index contributed by atoms with van der Waals surface area (Å²) in [5, 5.41) is 2.90. The Kier molecular flexibility index (Phi) is 6.63. The van der Waals surface area contributed by atoms with Crippen LogP contribution < -0.4 is 5.32 Å². The predicted octanol–water partition coefficient (Wildman–Crippen LogP) is 2.72. The number of likely N-dealkylation sites (tertiary alicyclic amines) is 1. The summed E-state index contributed by atoms with van der Waals surface area (Å²) < 4.78 is 11.3. The van der Waals surface area contributed by atoms with E-state index in [2.05, 4.69) is 5.32 Å². The van der Waals surface area contributed by atoms with Gasteiger partial charge in [0.2, 0.25) is 5.91 Å². The molecule has 0 aliphatic carbocycles. The zero-order valence-electron chi connectivity index (χ0n) is 15.4. The summed E-state index contributed by atoms with van der Waals surface area (Å²) in [6.07, 6.45) is 4.37. The fourth-order valence-corrected chi connectivity index (χ4v) is 3.35. The lowest BCUT2D eigenvalue weighted by atomic mass is 10.1. The van der Waals surface area contributed by atoms with Gasteiger partial charge in [-0.1, -0.05) is 12.1 Å². The van der Waals surface area contributed by atoms with E-state index in [4.69, 9.17) is 9.47 Å². The van der Waals surface area contributed by atoms with Gasteiger partial charge >= 0.3 is 0 Å². The van der Waals surface area contributed by atoms with Crippen LogP contribution >= 0.6 is 0 Å². The summed E-state index contributed by atoms with van der Waals surface area (Å²) in [5.41, 5.74) is 1.74. The average molecular weight is 360 g/mol. The Morgan fingerprint density at radius 3 is 3.00 bits per heavy atom. The molecule has 2 aliphatic rings. The number of nitrogens with one attached hydrogen (secondary N) is 1. The molecule has 2 saturated heterocycles. The van der Waals surface area contributed by atoms with E-state index in [0.29, 0.717) is 19.6 Å². The second-order valence-electron chi connectivity index (χ2n) is 7.07. The standard InChI is InChI=1S/C20H28N2O4/c1-15(26-14-18-8-2-3-11-25-18)20(24)21-17-7-4-6-16(12-17)13-22-10-5-9-19(22)23/h4,6-7,12,15,18H,2-3,5,8-11,13-14H2,1H3,(H,21,24). The van der Waals surface area contributed by atoms with E-state index < -0.39 is 6.10 Å². The lowest BCUT2D eigenvalue weighted by Gasteiger charge is -2.24. The number of hydrogen-bond donors (Lipinski definition) is 1. The fourth-order valence-electron chi connectivity index (χ4n) is 3.35. The van der Waals surface area contributed by atoms with Gasteiger partial charge in [-0.2, -0.15) is 0 Å². The Labute approximate surface area is 154 Å². The minimum atomic E-state index is -0.538. The first kappa shape index (κ1) is 18.9. The molecule has 1 aromatic rings. The molecule has 26 heavy (non-hydrogen) atoms. The molecule has 6 heteroatoms. The van der Waals surface area contributed by atoms with Crippen LogP contribution in [-0.2, 0) is 25.6 Å². The summed E-state index contributed by atoms with van der Waals surface area (Å²) in [4.78, 5) is 26.0. The molecule has 0 spiro atoms. The lowest BCUT2D eigenvalue weighted by Crippen LogP contribution is -2.32. The topological polar surface area (TPSA) is 67.9 Å². The van der Waals surface area contributed by atoms with Crippen molar-refractivity contribution in [3.63, 3.8) is 0 Å². The van der Waals surface area contributed by atoms with Gasteiger partial charge in [0.15, 0.2) is 0 Å². The molecule has 2 amide bonds. The van der Waals surface area contributed by atoms with Gasteiger partial charge in [0.25, 0.3) is 5.91 Å². The van der Waals surface area contributed by atoms with Gasteiger partial charge in [0.1, 0.15) is 6.10 Å². The van der Waals surface area contributed by atoms with Crippen LogP contribution in [0.2, 0.25) is 0 Å². The van der Waals surface area contributed by atoms with Crippen LogP contribution in [-0.4, -0.2) is 48.7 Å². The summed E-state index contributed by atoms with van der Waals surface area (Å²) in [7, 11) is 0. The first-order valence-corrected chi connectivity index (χ1v) is 9.52. The molecular weight excluding hydrogens is 332 g/mol. The van der Waals surface area contributed by atoms with Crippen molar-refractivity contribution in [2.45, 2.75) is 57.8 Å². The third-order valence-electron chi connectivity index (χ3n) is 4.91. The maximum Gasteiger partial charge on any atom is 0.253 e. The van der Waals surface area contributed by atoms with Gasteiger partial charge in [-0.15, -0.1) is 0 Å². The van der Waals surface area contributed by atoms with E-state index >= 15 is 0 Å². The van der Waals surface area contributed by atoms with E-state index in [-0.39, 0.29) is 17.9 Å². The molecule has 2 unspecified atom stereocenters. The molecule has 0 bridgehead atoms. The Morgan fingerprint density at radius 2 is 2.27 bits per heavy atom. The normalized spacial score (nSPS) is 21.7. The second kappa shape index (κ2) is 9.14. The molecule has 0 radical (unpaired) electrons. The molecule has 2 heterocycles. The lowest BCUT2D eigenvalue weighted by molar-refractivity contribution is -0.130. The molecule has 6 nitrogen and oxygen atoms in total.